The molecule has 90 valence electrons. The first kappa shape index (κ1) is 14.0. The molecule has 0 aliphatic heterocycles. The van der Waals surface area contributed by atoms with Crippen LogP contribution in [0.1, 0.15) is 30.5 Å². The summed E-state index contributed by atoms with van der Waals surface area (Å²) < 4.78 is 5.92. The maximum Gasteiger partial charge on any atom is 0.310 e. The number of hydrogen-bond donors (Lipinski definition) is 0. The first-order chi connectivity index (χ1) is 8.12. The Balaban J connectivity index is 3.00. The molecule has 0 spiro atoms. The van der Waals surface area contributed by atoms with Crippen molar-refractivity contribution in [2.75, 3.05) is 6.61 Å². The van der Waals surface area contributed by atoms with Crippen molar-refractivity contribution in [3.8, 4) is 6.07 Å². The lowest BCUT2D eigenvalue weighted by Gasteiger charge is -2.08. The molecule has 0 aromatic heterocycles. The Morgan fingerprint density at radius 2 is 2.18 bits per heavy atom. The highest BCUT2D eigenvalue weighted by molar-refractivity contribution is 14.1. The van der Waals surface area contributed by atoms with E-state index in [0.717, 1.165) is 21.1 Å². The minimum absolute atomic E-state index is 0.225. The van der Waals surface area contributed by atoms with Crippen LogP contribution in [0.5, 0.6) is 0 Å². The van der Waals surface area contributed by atoms with E-state index in [-0.39, 0.29) is 12.4 Å². The summed E-state index contributed by atoms with van der Waals surface area (Å²) in [5.41, 5.74) is 2.53. The van der Waals surface area contributed by atoms with Crippen LogP contribution in [0.4, 0.5) is 0 Å². The summed E-state index contributed by atoms with van der Waals surface area (Å²) in [5.74, 6) is -0.253. The second-order valence-electron chi connectivity index (χ2n) is 3.55. The number of carbonyl (C=O) groups is 1. The Labute approximate surface area is 115 Å². The lowest BCUT2D eigenvalue weighted by molar-refractivity contribution is -0.142. The van der Waals surface area contributed by atoms with Gasteiger partial charge in [0, 0.05) is 3.57 Å². The van der Waals surface area contributed by atoms with Gasteiger partial charge in [-0.05, 0) is 59.2 Å². The highest BCUT2D eigenvalue weighted by Crippen LogP contribution is 2.20. The Morgan fingerprint density at radius 1 is 1.47 bits per heavy atom. The normalized spacial score (nSPS) is 9.76. The average Bonchev–Trinajstić information content (AvgIpc) is 2.28. The van der Waals surface area contributed by atoms with Crippen molar-refractivity contribution < 1.29 is 9.53 Å². The van der Waals surface area contributed by atoms with E-state index in [0.29, 0.717) is 12.2 Å². The highest BCUT2D eigenvalue weighted by atomic mass is 127. The summed E-state index contributed by atoms with van der Waals surface area (Å²) in [7, 11) is 0. The number of rotatable bonds is 4. The monoisotopic (exact) mass is 343 g/mol. The summed E-state index contributed by atoms with van der Waals surface area (Å²) >= 11 is 2.20. The van der Waals surface area contributed by atoms with E-state index in [1.165, 1.54) is 0 Å². The van der Waals surface area contributed by atoms with Crippen molar-refractivity contribution in [2.45, 2.75) is 26.7 Å². The molecular weight excluding hydrogens is 329 g/mol. The van der Waals surface area contributed by atoms with Crippen LogP contribution in [0.25, 0.3) is 0 Å². The van der Waals surface area contributed by atoms with Gasteiger partial charge in [0.2, 0.25) is 0 Å². The molecular formula is C13H14INO2. The van der Waals surface area contributed by atoms with Gasteiger partial charge in [0.05, 0.1) is 24.7 Å². The van der Waals surface area contributed by atoms with Gasteiger partial charge in [-0.3, -0.25) is 4.79 Å². The molecule has 0 saturated heterocycles. The van der Waals surface area contributed by atoms with Crippen LogP contribution in [0.15, 0.2) is 12.1 Å². The standard InChI is InChI=1S/C13H14INO2/c1-3-11-10(8-15)5-9(6-12(11)14)7-13(16)17-4-2/h5-6H,3-4,7H2,1-2H3. The van der Waals surface area contributed by atoms with Crippen LogP contribution in [0.3, 0.4) is 0 Å². The number of carbonyl (C=O) groups excluding carboxylic acids is 1. The second-order valence-corrected chi connectivity index (χ2v) is 4.71. The number of esters is 1. The number of hydrogen-bond acceptors (Lipinski definition) is 3. The second kappa shape index (κ2) is 6.60. The molecule has 3 nitrogen and oxygen atoms in total. The van der Waals surface area contributed by atoms with Crippen molar-refractivity contribution in [1.82, 2.24) is 0 Å². The molecule has 0 saturated carbocycles. The molecule has 0 fully saturated rings. The number of nitriles is 1. The van der Waals surface area contributed by atoms with Crippen LogP contribution in [0.2, 0.25) is 0 Å². The van der Waals surface area contributed by atoms with Gasteiger partial charge in [0.15, 0.2) is 0 Å². The third-order valence-electron chi connectivity index (χ3n) is 2.38. The van der Waals surface area contributed by atoms with Gasteiger partial charge in [0.25, 0.3) is 0 Å². The highest BCUT2D eigenvalue weighted by Gasteiger charge is 2.10. The molecule has 1 aromatic carbocycles. The van der Waals surface area contributed by atoms with E-state index in [1.807, 2.05) is 13.0 Å². The first-order valence-electron chi connectivity index (χ1n) is 5.49. The molecule has 0 atom stereocenters. The Hall–Kier alpha value is -1.09. The summed E-state index contributed by atoms with van der Waals surface area (Å²) in [6.07, 6.45) is 1.05. The zero-order chi connectivity index (χ0) is 12.8. The maximum atomic E-state index is 11.4. The molecule has 4 heteroatoms. The average molecular weight is 343 g/mol. The summed E-state index contributed by atoms with van der Waals surface area (Å²) in [6, 6.07) is 5.89. The fourth-order valence-electron chi connectivity index (χ4n) is 1.63. The van der Waals surface area contributed by atoms with E-state index in [2.05, 4.69) is 28.7 Å². The van der Waals surface area contributed by atoms with Crippen LogP contribution in [-0.2, 0) is 22.4 Å². The molecule has 0 heterocycles. The molecule has 0 amide bonds. The molecule has 0 aliphatic carbocycles. The topological polar surface area (TPSA) is 50.1 Å². The SMILES string of the molecule is CCOC(=O)Cc1cc(I)c(CC)c(C#N)c1. The summed E-state index contributed by atoms with van der Waals surface area (Å²) in [4.78, 5) is 11.4. The fraction of sp³-hybridized carbons (Fsp3) is 0.385. The largest absolute Gasteiger partial charge is 0.466 e. The van der Waals surface area contributed by atoms with E-state index < -0.39 is 0 Å². The fourth-order valence-corrected chi connectivity index (χ4v) is 2.70. The Kier molecular flexibility index (Phi) is 5.42. The van der Waals surface area contributed by atoms with E-state index in [9.17, 15) is 4.79 Å². The first-order valence-corrected chi connectivity index (χ1v) is 6.57. The molecule has 0 N–H and O–H groups in total. The van der Waals surface area contributed by atoms with E-state index in [1.54, 1.807) is 13.0 Å². The van der Waals surface area contributed by atoms with Gasteiger partial charge in [0.1, 0.15) is 0 Å². The van der Waals surface area contributed by atoms with Crippen molar-refractivity contribution in [1.29, 1.82) is 5.26 Å². The van der Waals surface area contributed by atoms with Crippen molar-refractivity contribution >= 4 is 28.6 Å². The Morgan fingerprint density at radius 3 is 2.71 bits per heavy atom. The Bertz CT molecular complexity index is 463. The number of halogens is 1. The van der Waals surface area contributed by atoms with Gasteiger partial charge in [-0.25, -0.2) is 0 Å². The molecule has 0 bridgehead atoms. The van der Waals surface area contributed by atoms with Crippen molar-refractivity contribution in [3.05, 3.63) is 32.4 Å². The molecule has 17 heavy (non-hydrogen) atoms. The van der Waals surface area contributed by atoms with Crippen LogP contribution in [0, 0.1) is 14.9 Å². The van der Waals surface area contributed by atoms with E-state index in [4.69, 9.17) is 10.00 Å². The van der Waals surface area contributed by atoms with Gasteiger partial charge in [-0.15, -0.1) is 0 Å². The lowest BCUT2D eigenvalue weighted by Crippen LogP contribution is -2.08. The predicted molar refractivity (Wildman–Crippen MR) is 73.6 cm³/mol. The van der Waals surface area contributed by atoms with Crippen molar-refractivity contribution in [3.63, 3.8) is 0 Å². The van der Waals surface area contributed by atoms with Gasteiger partial charge in [-0.2, -0.15) is 5.26 Å². The molecule has 0 aliphatic rings. The lowest BCUT2D eigenvalue weighted by atomic mass is 10.0. The maximum absolute atomic E-state index is 11.4. The van der Waals surface area contributed by atoms with Crippen molar-refractivity contribution in [2.24, 2.45) is 0 Å². The molecule has 0 radical (unpaired) electrons. The zero-order valence-corrected chi connectivity index (χ0v) is 12.1. The van der Waals surface area contributed by atoms with Crippen LogP contribution < -0.4 is 0 Å². The van der Waals surface area contributed by atoms with Crippen LogP contribution in [-0.4, -0.2) is 12.6 Å². The van der Waals surface area contributed by atoms with Crippen LogP contribution >= 0.6 is 22.6 Å². The third-order valence-corrected chi connectivity index (χ3v) is 3.35. The quantitative estimate of drug-likeness (QED) is 0.624. The van der Waals surface area contributed by atoms with Gasteiger partial charge in [-0.1, -0.05) is 6.92 Å². The summed E-state index contributed by atoms with van der Waals surface area (Å²) in [6.45, 7) is 4.18. The third kappa shape index (κ3) is 3.70. The number of nitrogens with zero attached hydrogens (tertiary/aromatic N) is 1. The van der Waals surface area contributed by atoms with Gasteiger partial charge < -0.3 is 4.74 Å². The molecule has 0 unspecified atom stereocenters. The minimum atomic E-state index is -0.253. The molecule has 1 aromatic rings. The zero-order valence-electron chi connectivity index (χ0n) is 9.92. The van der Waals surface area contributed by atoms with E-state index >= 15 is 0 Å². The summed E-state index contributed by atoms with van der Waals surface area (Å²) in [5, 5.41) is 9.07. The number of ether oxygens (including phenoxy) is 1. The smallest absolute Gasteiger partial charge is 0.310 e. The minimum Gasteiger partial charge on any atom is -0.466 e. The van der Waals surface area contributed by atoms with Gasteiger partial charge >= 0.3 is 5.97 Å². The predicted octanol–water partition coefficient (Wildman–Crippen LogP) is 2.83. The molecule has 1 rings (SSSR count). The number of benzene rings is 1.